The molecule has 0 aliphatic rings. The third kappa shape index (κ3) is 2.62. The summed E-state index contributed by atoms with van der Waals surface area (Å²) in [6.45, 7) is 0. The molecule has 0 spiro atoms. The van der Waals surface area contributed by atoms with Crippen LogP contribution in [0, 0.1) is 4.91 Å². The van der Waals surface area contributed by atoms with Gasteiger partial charge in [0.2, 0.25) is 0 Å². The van der Waals surface area contributed by atoms with E-state index in [1.165, 1.54) is 14.2 Å². The van der Waals surface area contributed by atoms with Gasteiger partial charge in [-0.2, -0.15) is 0 Å². The highest BCUT2D eigenvalue weighted by Crippen LogP contribution is 1.98. The van der Waals surface area contributed by atoms with E-state index in [4.69, 9.17) is 16.3 Å². The van der Waals surface area contributed by atoms with Crippen LogP contribution in [0.3, 0.4) is 0 Å². The highest BCUT2D eigenvalue weighted by atomic mass is 35.5. The van der Waals surface area contributed by atoms with Gasteiger partial charge in [0.25, 0.3) is 0 Å². The second kappa shape index (κ2) is 4.52. The van der Waals surface area contributed by atoms with Gasteiger partial charge in [-0.3, -0.25) is 0 Å². The lowest BCUT2D eigenvalue weighted by Crippen LogP contribution is -2.29. The van der Waals surface area contributed by atoms with Crippen molar-refractivity contribution in [3.63, 3.8) is 0 Å². The maximum atomic E-state index is 9.80. The molecule has 0 fully saturated rings. The lowest BCUT2D eigenvalue weighted by Gasteiger charge is -2.17. The van der Waals surface area contributed by atoms with Gasteiger partial charge in [0.1, 0.15) is 0 Å². The Hall–Kier alpha value is -0.350. The van der Waals surface area contributed by atoms with E-state index in [1.807, 2.05) is 0 Å². The van der Waals surface area contributed by atoms with Gasteiger partial charge < -0.3 is 4.74 Å². The quantitative estimate of drug-likeness (QED) is 0.259. The van der Waals surface area contributed by atoms with Gasteiger partial charge in [0, 0.05) is 14.2 Å². The van der Waals surface area contributed by atoms with Crippen molar-refractivity contribution in [1.82, 2.24) is 5.01 Å². The SMILES string of the molecule is COC(CCl)N(C)N=O. The molecule has 0 N–H and O–H groups in total. The molecule has 0 rings (SSSR count). The summed E-state index contributed by atoms with van der Waals surface area (Å²) >= 11 is 5.38. The van der Waals surface area contributed by atoms with Crippen molar-refractivity contribution in [2.45, 2.75) is 6.23 Å². The Balaban J connectivity index is 3.63. The number of rotatable bonds is 4. The van der Waals surface area contributed by atoms with Crippen LogP contribution in [0.25, 0.3) is 0 Å². The maximum Gasteiger partial charge on any atom is 0.161 e. The molecule has 0 bridgehead atoms. The first-order chi connectivity index (χ1) is 4.26. The van der Waals surface area contributed by atoms with Crippen LogP contribution in [0.1, 0.15) is 0 Å². The average molecular weight is 153 g/mol. The summed E-state index contributed by atoms with van der Waals surface area (Å²) in [7, 11) is 2.97. The third-order valence-corrected chi connectivity index (χ3v) is 1.21. The number of halogens is 1. The predicted octanol–water partition coefficient (Wildman–Crippen LogP) is 0.811. The van der Waals surface area contributed by atoms with Crippen LogP contribution >= 0.6 is 11.6 Å². The number of alkyl halides is 1. The Kier molecular flexibility index (Phi) is 4.35. The standard InChI is InChI=1S/C4H9ClN2O2/c1-7(6-8)4(3-5)9-2/h4H,3H2,1-2H3. The van der Waals surface area contributed by atoms with Crippen molar-refractivity contribution >= 4 is 11.6 Å². The molecule has 5 heteroatoms. The van der Waals surface area contributed by atoms with Crippen molar-refractivity contribution in [2.24, 2.45) is 5.29 Å². The monoisotopic (exact) mass is 152 g/mol. The van der Waals surface area contributed by atoms with Crippen LogP contribution in [-0.2, 0) is 4.74 Å². The summed E-state index contributed by atoms with van der Waals surface area (Å²) in [4.78, 5) is 9.80. The van der Waals surface area contributed by atoms with E-state index in [1.54, 1.807) is 0 Å². The number of nitroso groups, excluding NO2 is 1. The van der Waals surface area contributed by atoms with Crippen molar-refractivity contribution in [2.75, 3.05) is 20.0 Å². The van der Waals surface area contributed by atoms with E-state index in [9.17, 15) is 4.91 Å². The normalized spacial score (nSPS) is 12.8. The zero-order valence-electron chi connectivity index (χ0n) is 5.37. The van der Waals surface area contributed by atoms with Crippen molar-refractivity contribution in [3.8, 4) is 0 Å². The van der Waals surface area contributed by atoms with Crippen molar-refractivity contribution < 1.29 is 4.74 Å². The molecule has 0 aliphatic heterocycles. The summed E-state index contributed by atoms with van der Waals surface area (Å²) in [5.41, 5.74) is 0. The van der Waals surface area contributed by atoms with E-state index in [0.717, 1.165) is 5.01 Å². The Morgan fingerprint density at radius 3 is 2.56 bits per heavy atom. The molecule has 1 atom stereocenters. The summed E-state index contributed by atoms with van der Waals surface area (Å²) in [6, 6.07) is 0. The zero-order chi connectivity index (χ0) is 7.28. The Morgan fingerprint density at radius 2 is 2.44 bits per heavy atom. The number of methoxy groups -OCH3 is 1. The number of hydrogen-bond donors (Lipinski definition) is 0. The molecule has 4 nitrogen and oxygen atoms in total. The lowest BCUT2D eigenvalue weighted by atomic mass is 10.6. The molecule has 0 aromatic rings. The molecule has 0 amide bonds. The fraction of sp³-hybridized carbons (Fsp3) is 1.00. The minimum atomic E-state index is -0.413. The molecule has 0 saturated heterocycles. The Morgan fingerprint density at radius 1 is 1.89 bits per heavy atom. The fourth-order valence-electron chi connectivity index (χ4n) is 0.368. The van der Waals surface area contributed by atoms with E-state index in [2.05, 4.69) is 5.29 Å². The second-order valence-corrected chi connectivity index (χ2v) is 1.81. The predicted molar refractivity (Wildman–Crippen MR) is 35.1 cm³/mol. The Bertz CT molecular complexity index is 86.6. The molecule has 9 heavy (non-hydrogen) atoms. The fourth-order valence-corrected chi connectivity index (χ4v) is 0.694. The molecule has 0 aromatic heterocycles. The first-order valence-electron chi connectivity index (χ1n) is 2.41. The van der Waals surface area contributed by atoms with Gasteiger partial charge in [-0.25, -0.2) is 5.01 Å². The number of hydrogen-bond acceptors (Lipinski definition) is 3. The van der Waals surface area contributed by atoms with Crippen LogP contribution in [-0.4, -0.2) is 31.3 Å². The molecule has 0 saturated carbocycles. The Labute approximate surface area is 58.7 Å². The lowest BCUT2D eigenvalue weighted by molar-refractivity contribution is -0.000414. The molecular formula is C4H9ClN2O2. The van der Waals surface area contributed by atoms with Gasteiger partial charge in [0.05, 0.1) is 11.2 Å². The van der Waals surface area contributed by atoms with E-state index in [-0.39, 0.29) is 5.88 Å². The van der Waals surface area contributed by atoms with Gasteiger partial charge in [-0.15, -0.1) is 16.5 Å². The summed E-state index contributed by atoms with van der Waals surface area (Å²) in [5, 5.41) is 3.72. The number of ether oxygens (including phenoxy) is 1. The smallest absolute Gasteiger partial charge is 0.161 e. The minimum absolute atomic E-state index is 0.235. The minimum Gasteiger partial charge on any atom is -0.359 e. The van der Waals surface area contributed by atoms with E-state index in [0.29, 0.717) is 0 Å². The molecule has 54 valence electrons. The molecule has 0 radical (unpaired) electrons. The number of nitrogens with zero attached hydrogens (tertiary/aromatic N) is 2. The molecule has 0 aromatic carbocycles. The topological polar surface area (TPSA) is 41.9 Å². The highest BCUT2D eigenvalue weighted by Gasteiger charge is 2.09. The summed E-state index contributed by atoms with van der Waals surface area (Å²) in [5.74, 6) is 0.235. The maximum absolute atomic E-state index is 9.80. The molecule has 0 aliphatic carbocycles. The van der Waals surface area contributed by atoms with Crippen LogP contribution in [0.2, 0.25) is 0 Å². The van der Waals surface area contributed by atoms with Crippen LogP contribution in [0.15, 0.2) is 5.29 Å². The molecule has 0 heterocycles. The van der Waals surface area contributed by atoms with Crippen LogP contribution in [0.4, 0.5) is 0 Å². The first kappa shape index (κ1) is 8.65. The van der Waals surface area contributed by atoms with Gasteiger partial charge in [0.15, 0.2) is 6.23 Å². The average Bonchev–Trinajstić information content (AvgIpc) is 1.90. The van der Waals surface area contributed by atoms with Gasteiger partial charge in [-0.05, 0) is 0 Å². The van der Waals surface area contributed by atoms with Crippen molar-refractivity contribution in [1.29, 1.82) is 0 Å². The largest absolute Gasteiger partial charge is 0.359 e. The van der Waals surface area contributed by atoms with Gasteiger partial charge >= 0.3 is 0 Å². The first-order valence-corrected chi connectivity index (χ1v) is 2.94. The second-order valence-electron chi connectivity index (χ2n) is 1.50. The molecular weight excluding hydrogens is 144 g/mol. The summed E-state index contributed by atoms with van der Waals surface area (Å²) in [6.07, 6.45) is -0.413. The van der Waals surface area contributed by atoms with E-state index < -0.39 is 6.23 Å². The van der Waals surface area contributed by atoms with Gasteiger partial charge in [-0.1, -0.05) is 0 Å². The zero-order valence-corrected chi connectivity index (χ0v) is 6.13. The van der Waals surface area contributed by atoms with Crippen molar-refractivity contribution in [3.05, 3.63) is 4.91 Å². The highest BCUT2D eigenvalue weighted by molar-refractivity contribution is 6.18. The summed E-state index contributed by atoms with van der Waals surface area (Å²) < 4.78 is 4.75. The van der Waals surface area contributed by atoms with Crippen LogP contribution in [0.5, 0.6) is 0 Å². The van der Waals surface area contributed by atoms with E-state index >= 15 is 0 Å². The van der Waals surface area contributed by atoms with Crippen LogP contribution < -0.4 is 0 Å². The third-order valence-electron chi connectivity index (χ3n) is 0.950. The molecule has 1 unspecified atom stereocenters.